The van der Waals surface area contributed by atoms with Crippen LogP contribution in [0.1, 0.15) is 26.3 Å². The summed E-state index contributed by atoms with van der Waals surface area (Å²) in [6.07, 6.45) is 12.2. The minimum absolute atomic E-state index is 0.241. The van der Waals surface area contributed by atoms with Gasteiger partial charge in [-0.3, -0.25) is 19.1 Å². The number of methoxy groups -OCH3 is 1. The fraction of sp³-hybridized carbons (Fsp3) is 0.333. The standard InChI is InChI=1S/C24H29N3O5S/c1-23(2,3)24(32-4)14-12-20(27-15-13-21(28)25-22(27)29)16-18(24)9-6-17-7-10-19(11-8-17)26-33(5,30)31/h6-16,18,26H,1-5H3,(H,25,28,29)/b9-6+. The number of allylic oxidation sites excluding steroid dienone is 2. The molecule has 1 aromatic heterocycles. The van der Waals surface area contributed by atoms with E-state index in [4.69, 9.17) is 4.74 Å². The number of hydrogen-bond donors (Lipinski definition) is 2. The number of anilines is 1. The molecule has 3 rings (SSSR count). The summed E-state index contributed by atoms with van der Waals surface area (Å²) >= 11 is 0. The van der Waals surface area contributed by atoms with E-state index < -0.39 is 26.9 Å². The van der Waals surface area contributed by atoms with E-state index in [1.165, 1.54) is 16.8 Å². The Morgan fingerprint density at radius 3 is 2.36 bits per heavy atom. The second kappa shape index (κ2) is 8.99. The maximum absolute atomic E-state index is 12.3. The van der Waals surface area contributed by atoms with Crippen LogP contribution in [0.4, 0.5) is 5.69 Å². The summed E-state index contributed by atoms with van der Waals surface area (Å²) in [5, 5.41) is 0. The molecular formula is C24H29N3O5S. The Labute approximate surface area is 193 Å². The van der Waals surface area contributed by atoms with Crippen LogP contribution < -0.4 is 16.0 Å². The van der Waals surface area contributed by atoms with Crippen LogP contribution in [0.3, 0.4) is 0 Å². The average Bonchev–Trinajstić information content (AvgIpc) is 2.71. The van der Waals surface area contributed by atoms with Crippen LogP contribution in [0.25, 0.3) is 11.8 Å². The van der Waals surface area contributed by atoms with Gasteiger partial charge in [-0.15, -0.1) is 0 Å². The maximum atomic E-state index is 12.3. The molecule has 0 aliphatic heterocycles. The van der Waals surface area contributed by atoms with E-state index in [0.717, 1.165) is 11.8 Å². The van der Waals surface area contributed by atoms with E-state index in [0.29, 0.717) is 11.4 Å². The summed E-state index contributed by atoms with van der Waals surface area (Å²) < 4.78 is 32.7. The number of nitrogens with zero attached hydrogens (tertiary/aromatic N) is 1. The Balaban J connectivity index is 2.01. The van der Waals surface area contributed by atoms with Crippen LogP contribution >= 0.6 is 0 Å². The molecule has 1 aliphatic rings. The Hall–Kier alpha value is -3.17. The normalized spacial score (nSPS) is 21.2. The minimum atomic E-state index is -3.34. The number of nitrogens with one attached hydrogen (secondary N) is 2. The molecule has 1 aromatic carbocycles. The molecule has 0 bridgehead atoms. The van der Waals surface area contributed by atoms with Crippen LogP contribution in [0.15, 0.2) is 70.4 Å². The summed E-state index contributed by atoms with van der Waals surface area (Å²) in [4.78, 5) is 26.0. The van der Waals surface area contributed by atoms with Crippen molar-refractivity contribution in [3.63, 3.8) is 0 Å². The van der Waals surface area contributed by atoms with Gasteiger partial charge in [-0.25, -0.2) is 13.2 Å². The highest BCUT2D eigenvalue weighted by Gasteiger charge is 2.46. The fourth-order valence-electron chi connectivity index (χ4n) is 4.01. The van der Waals surface area contributed by atoms with Gasteiger partial charge >= 0.3 is 5.69 Å². The summed E-state index contributed by atoms with van der Waals surface area (Å²) in [6, 6.07) is 8.30. The topological polar surface area (TPSA) is 110 Å². The largest absolute Gasteiger partial charge is 0.373 e. The highest BCUT2D eigenvalue weighted by Crippen LogP contribution is 2.45. The third kappa shape index (κ3) is 5.43. The molecule has 0 amide bonds. The lowest BCUT2D eigenvalue weighted by atomic mass is 9.66. The highest BCUT2D eigenvalue weighted by molar-refractivity contribution is 7.92. The first-order chi connectivity index (χ1) is 15.3. The first kappa shape index (κ1) is 24.5. The van der Waals surface area contributed by atoms with Crippen molar-refractivity contribution in [2.24, 2.45) is 11.3 Å². The van der Waals surface area contributed by atoms with Gasteiger partial charge in [-0.2, -0.15) is 0 Å². The summed E-state index contributed by atoms with van der Waals surface area (Å²) in [6.45, 7) is 6.25. The smallest absolute Gasteiger partial charge is 0.332 e. The number of H-pyrrole nitrogens is 1. The molecule has 2 aromatic rings. The van der Waals surface area contributed by atoms with E-state index in [-0.39, 0.29) is 11.3 Å². The van der Waals surface area contributed by atoms with Crippen LogP contribution in [-0.2, 0) is 14.8 Å². The van der Waals surface area contributed by atoms with E-state index in [9.17, 15) is 18.0 Å². The zero-order valence-corrected chi connectivity index (χ0v) is 20.1. The number of aromatic nitrogens is 2. The number of sulfonamides is 1. The van der Waals surface area contributed by atoms with E-state index >= 15 is 0 Å². The molecule has 1 aliphatic carbocycles. The van der Waals surface area contributed by atoms with E-state index in [1.807, 2.05) is 42.5 Å². The Morgan fingerprint density at radius 1 is 1.15 bits per heavy atom. The third-order valence-electron chi connectivity index (χ3n) is 5.67. The Morgan fingerprint density at radius 2 is 1.82 bits per heavy atom. The average molecular weight is 472 g/mol. The van der Waals surface area contributed by atoms with Gasteiger partial charge in [0, 0.05) is 36.7 Å². The van der Waals surface area contributed by atoms with Crippen molar-refractivity contribution < 1.29 is 13.2 Å². The second-order valence-corrected chi connectivity index (χ2v) is 10.8. The Kier molecular flexibility index (Phi) is 6.67. The molecule has 9 heteroatoms. The van der Waals surface area contributed by atoms with Crippen LogP contribution in [-0.4, -0.2) is 36.9 Å². The van der Waals surface area contributed by atoms with Crippen molar-refractivity contribution in [1.29, 1.82) is 0 Å². The molecule has 8 nitrogen and oxygen atoms in total. The van der Waals surface area contributed by atoms with Gasteiger partial charge in [0.15, 0.2) is 0 Å². The molecule has 2 N–H and O–H groups in total. The van der Waals surface area contributed by atoms with Crippen molar-refractivity contribution >= 4 is 27.5 Å². The number of aromatic amines is 1. The lowest BCUT2D eigenvalue weighted by Gasteiger charge is -2.47. The molecule has 2 unspecified atom stereocenters. The summed E-state index contributed by atoms with van der Waals surface area (Å²) in [5.41, 5.74) is 0.0362. The third-order valence-corrected chi connectivity index (χ3v) is 6.28. The number of ether oxygens (including phenoxy) is 1. The van der Waals surface area contributed by atoms with Gasteiger partial charge in [-0.05, 0) is 35.3 Å². The van der Waals surface area contributed by atoms with Gasteiger partial charge in [0.2, 0.25) is 10.0 Å². The first-order valence-electron chi connectivity index (χ1n) is 10.4. The Bertz CT molecular complexity index is 1330. The van der Waals surface area contributed by atoms with Gasteiger partial charge in [0.25, 0.3) is 5.56 Å². The number of hydrogen-bond acceptors (Lipinski definition) is 5. The van der Waals surface area contributed by atoms with Gasteiger partial charge < -0.3 is 4.74 Å². The zero-order valence-electron chi connectivity index (χ0n) is 19.3. The van der Waals surface area contributed by atoms with Gasteiger partial charge in [-0.1, -0.05) is 51.1 Å². The number of benzene rings is 1. The summed E-state index contributed by atoms with van der Waals surface area (Å²) in [5.74, 6) is -0.241. The molecule has 0 saturated carbocycles. The molecule has 0 radical (unpaired) electrons. The molecule has 1 heterocycles. The van der Waals surface area contributed by atoms with Crippen molar-refractivity contribution in [2.45, 2.75) is 26.4 Å². The van der Waals surface area contributed by atoms with Crippen LogP contribution in [0.5, 0.6) is 0 Å². The van der Waals surface area contributed by atoms with E-state index in [2.05, 4.69) is 30.5 Å². The predicted octanol–water partition coefficient (Wildman–Crippen LogP) is 3.08. The lowest BCUT2D eigenvalue weighted by Crippen LogP contribution is -2.49. The fourth-order valence-corrected chi connectivity index (χ4v) is 4.58. The number of rotatable bonds is 6. The molecule has 33 heavy (non-hydrogen) atoms. The maximum Gasteiger partial charge on any atom is 0.332 e. The first-order valence-corrected chi connectivity index (χ1v) is 12.3. The van der Waals surface area contributed by atoms with Gasteiger partial charge in [0.1, 0.15) is 5.60 Å². The SMILES string of the molecule is COC1(C(C)(C)C)C=CC(n2ccc(=O)[nH]c2=O)=CC1/C=C/c1ccc(NS(C)(=O)=O)cc1. The summed E-state index contributed by atoms with van der Waals surface area (Å²) in [7, 11) is -1.68. The highest BCUT2D eigenvalue weighted by atomic mass is 32.2. The molecule has 0 fully saturated rings. The van der Waals surface area contributed by atoms with Gasteiger partial charge in [0.05, 0.1) is 6.26 Å². The molecule has 2 atom stereocenters. The zero-order chi connectivity index (χ0) is 24.4. The van der Waals surface area contributed by atoms with Crippen molar-refractivity contribution in [3.8, 4) is 0 Å². The molecule has 0 saturated heterocycles. The van der Waals surface area contributed by atoms with Crippen molar-refractivity contribution in [1.82, 2.24) is 9.55 Å². The second-order valence-electron chi connectivity index (χ2n) is 9.03. The van der Waals surface area contributed by atoms with Crippen LogP contribution in [0, 0.1) is 11.3 Å². The van der Waals surface area contributed by atoms with Crippen LogP contribution in [0.2, 0.25) is 0 Å². The minimum Gasteiger partial charge on any atom is -0.373 e. The molecular weight excluding hydrogens is 442 g/mol. The molecule has 0 spiro atoms. The monoisotopic (exact) mass is 471 g/mol. The van der Waals surface area contributed by atoms with Crippen molar-refractivity contribution in [3.05, 3.63) is 87.2 Å². The lowest BCUT2D eigenvalue weighted by molar-refractivity contribution is -0.0715. The van der Waals surface area contributed by atoms with Crippen molar-refractivity contribution in [2.75, 3.05) is 18.1 Å². The molecule has 176 valence electrons. The predicted molar refractivity (Wildman–Crippen MR) is 131 cm³/mol. The quantitative estimate of drug-likeness (QED) is 0.673. The van der Waals surface area contributed by atoms with E-state index in [1.54, 1.807) is 19.2 Å².